The minimum atomic E-state index is -0.336. The summed E-state index contributed by atoms with van der Waals surface area (Å²) in [6.07, 6.45) is 1.32. The summed E-state index contributed by atoms with van der Waals surface area (Å²) >= 11 is 6.08. The van der Waals surface area contributed by atoms with Gasteiger partial charge in [-0.05, 0) is 41.7 Å². The molecule has 2 N–H and O–H groups in total. The Labute approximate surface area is 128 Å². The molecule has 2 aromatic rings. The van der Waals surface area contributed by atoms with Crippen LogP contribution in [0.25, 0.3) is 0 Å². The smallest absolute Gasteiger partial charge is 0.124 e. The molecule has 0 aromatic heterocycles. The Hall–Kier alpha value is -1.42. The van der Waals surface area contributed by atoms with Crippen molar-refractivity contribution in [3.8, 4) is 0 Å². The maximum atomic E-state index is 13.1. The first-order valence-electron chi connectivity index (χ1n) is 7.04. The Morgan fingerprint density at radius 1 is 1.29 bits per heavy atom. The van der Waals surface area contributed by atoms with Gasteiger partial charge >= 0.3 is 0 Å². The lowest BCUT2D eigenvalue weighted by atomic mass is 9.91. The molecule has 0 saturated carbocycles. The van der Waals surface area contributed by atoms with Gasteiger partial charge in [0.15, 0.2) is 0 Å². The van der Waals surface area contributed by atoms with Crippen molar-refractivity contribution < 1.29 is 9.13 Å². The lowest BCUT2D eigenvalue weighted by Gasteiger charge is -2.30. The lowest BCUT2D eigenvalue weighted by Crippen LogP contribution is -2.35. The lowest BCUT2D eigenvalue weighted by molar-refractivity contribution is 0.0246. The molecule has 2 unspecified atom stereocenters. The Morgan fingerprint density at radius 3 is 2.90 bits per heavy atom. The van der Waals surface area contributed by atoms with E-state index < -0.39 is 0 Å². The molecule has 1 aliphatic rings. The summed E-state index contributed by atoms with van der Waals surface area (Å²) in [4.78, 5) is 0. The second-order valence-electron chi connectivity index (χ2n) is 5.34. The fraction of sp³-hybridized carbons (Fsp3) is 0.294. The monoisotopic (exact) mass is 305 g/mol. The third-order valence-corrected chi connectivity index (χ3v) is 4.24. The highest BCUT2D eigenvalue weighted by Crippen LogP contribution is 2.31. The van der Waals surface area contributed by atoms with Crippen LogP contribution in [-0.4, -0.2) is 12.6 Å². The zero-order chi connectivity index (χ0) is 14.8. The van der Waals surface area contributed by atoms with Gasteiger partial charge in [-0.3, -0.25) is 0 Å². The normalized spacial score (nSPS) is 19.1. The third-order valence-electron chi connectivity index (χ3n) is 3.89. The Kier molecular flexibility index (Phi) is 4.24. The number of fused-ring (bicyclic) bond motifs is 1. The Balaban J connectivity index is 1.81. The number of benzene rings is 2. The van der Waals surface area contributed by atoms with Gasteiger partial charge in [0.05, 0.1) is 12.7 Å². The van der Waals surface area contributed by atoms with Crippen LogP contribution in [-0.2, 0) is 17.6 Å². The molecular formula is C17H17ClFNO. The van der Waals surface area contributed by atoms with E-state index in [4.69, 9.17) is 22.1 Å². The van der Waals surface area contributed by atoms with Crippen molar-refractivity contribution in [1.82, 2.24) is 0 Å². The van der Waals surface area contributed by atoms with Crippen LogP contribution in [0.2, 0.25) is 5.02 Å². The van der Waals surface area contributed by atoms with Gasteiger partial charge in [0.25, 0.3) is 0 Å². The number of halogens is 2. The van der Waals surface area contributed by atoms with Crippen LogP contribution >= 0.6 is 11.6 Å². The first kappa shape index (κ1) is 14.5. The molecule has 0 saturated heterocycles. The van der Waals surface area contributed by atoms with Crippen molar-refractivity contribution in [2.45, 2.75) is 25.0 Å². The average molecular weight is 306 g/mol. The van der Waals surface area contributed by atoms with E-state index in [0.29, 0.717) is 18.1 Å². The predicted molar refractivity (Wildman–Crippen MR) is 81.9 cm³/mol. The Morgan fingerprint density at radius 2 is 2.10 bits per heavy atom. The molecular weight excluding hydrogens is 289 g/mol. The fourth-order valence-electron chi connectivity index (χ4n) is 2.83. The highest BCUT2D eigenvalue weighted by atomic mass is 35.5. The van der Waals surface area contributed by atoms with E-state index in [-0.39, 0.29) is 18.0 Å². The zero-order valence-electron chi connectivity index (χ0n) is 11.6. The molecule has 4 heteroatoms. The molecule has 2 atom stereocenters. The van der Waals surface area contributed by atoms with Gasteiger partial charge in [-0.25, -0.2) is 4.39 Å². The molecule has 0 aliphatic carbocycles. The number of hydrogen-bond donors (Lipinski definition) is 1. The van der Waals surface area contributed by atoms with Crippen LogP contribution in [0.5, 0.6) is 0 Å². The van der Waals surface area contributed by atoms with Crippen molar-refractivity contribution in [3.05, 3.63) is 70.0 Å². The topological polar surface area (TPSA) is 35.2 Å². The molecule has 1 heterocycles. The van der Waals surface area contributed by atoms with Gasteiger partial charge in [0.1, 0.15) is 5.82 Å². The maximum Gasteiger partial charge on any atom is 0.124 e. The summed E-state index contributed by atoms with van der Waals surface area (Å²) in [6, 6.07) is 12.4. The standard InChI is InChI=1S/C17H17ClFNO/c18-15-10-13(19)6-5-12(15)9-16(20)17-14-4-2-1-3-11(14)7-8-21-17/h1-6,10,16-17H,7-9,20H2. The summed E-state index contributed by atoms with van der Waals surface area (Å²) < 4.78 is 19.0. The van der Waals surface area contributed by atoms with Crippen molar-refractivity contribution in [1.29, 1.82) is 0 Å². The van der Waals surface area contributed by atoms with E-state index >= 15 is 0 Å². The number of rotatable bonds is 3. The van der Waals surface area contributed by atoms with Crippen LogP contribution in [0.3, 0.4) is 0 Å². The zero-order valence-corrected chi connectivity index (χ0v) is 12.3. The summed E-state index contributed by atoms with van der Waals surface area (Å²) in [5, 5.41) is 0.412. The first-order valence-corrected chi connectivity index (χ1v) is 7.42. The molecule has 0 fully saturated rings. The molecule has 21 heavy (non-hydrogen) atoms. The highest BCUT2D eigenvalue weighted by Gasteiger charge is 2.26. The minimum Gasteiger partial charge on any atom is -0.372 e. The van der Waals surface area contributed by atoms with Gasteiger partial charge in [0.2, 0.25) is 0 Å². The number of ether oxygens (including phenoxy) is 1. The van der Waals surface area contributed by atoms with Crippen molar-refractivity contribution in [2.24, 2.45) is 5.73 Å². The van der Waals surface area contributed by atoms with Gasteiger partial charge < -0.3 is 10.5 Å². The Bertz CT molecular complexity index is 646. The molecule has 0 radical (unpaired) electrons. The van der Waals surface area contributed by atoms with Crippen molar-refractivity contribution in [2.75, 3.05) is 6.61 Å². The van der Waals surface area contributed by atoms with Crippen molar-refractivity contribution >= 4 is 11.6 Å². The second kappa shape index (κ2) is 6.14. The fourth-order valence-corrected chi connectivity index (χ4v) is 3.07. The molecule has 3 rings (SSSR count). The average Bonchev–Trinajstić information content (AvgIpc) is 2.49. The largest absolute Gasteiger partial charge is 0.372 e. The molecule has 2 aromatic carbocycles. The van der Waals surface area contributed by atoms with Gasteiger partial charge in [-0.15, -0.1) is 0 Å². The summed E-state index contributed by atoms with van der Waals surface area (Å²) in [7, 11) is 0. The maximum absolute atomic E-state index is 13.1. The van der Waals surface area contributed by atoms with Crippen molar-refractivity contribution in [3.63, 3.8) is 0 Å². The number of hydrogen-bond acceptors (Lipinski definition) is 2. The number of nitrogens with two attached hydrogens (primary N) is 1. The second-order valence-corrected chi connectivity index (χ2v) is 5.75. The highest BCUT2D eigenvalue weighted by molar-refractivity contribution is 6.31. The molecule has 0 spiro atoms. The van der Waals surface area contributed by atoms with E-state index in [1.807, 2.05) is 12.1 Å². The third kappa shape index (κ3) is 3.10. The molecule has 1 aliphatic heterocycles. The van der Waals surface area contributed by atoms with Crippen LogP contribution in [0.4, 0.5) is 4.39 Å². The predicted octanol–water partition coefficient (Wildman–Crippen LogP) is 3.66. The summed E-state index contributed by atoms with van der Waals surface area (Å²) in [6.45, 7) is 0.673. The molecule has 2 nitrogen and oxygen atoms in total. The SMILES string of the molecule is NC(Cc1ccc(F)cc1Cl)C1OCCc2ccccc21. The van der Waals surface area contributed by atoms with Crippen LogP contribution in [0, 0.1) is 5.82 Å². The van der Waals surface area contributed by atoms with E-state index in [2.05, 4.69) is 12.1 Å². The summed E-state index contributed by atoms with van der Waals surface area (Å²) in [5.41, 5.74) is 9.60. The van der Waals surface area contributed by atoms with Gasteiger partial charge in [-0.1, -0.05) is 41.9 Å². The van der Waals surface area contributed by atoms with Gasteiger partial charge in [-0.2, -0.15) is 0 Å². The minimum absolute atomic E-state index is 0.143. The molecule has 0 bridgehead atoms. The molecule has 0 amide bonds. The van der Waals surface area contributed by atoms with Crippen LogP contribution < -0.4 is 5.73 Å². The van der Waals surface area contributed by atoms with Crippen LogP contribution in [0.1, 0.15) is 22.8 Å². The first-order chi connectivity index (χ1) is 10.1. The van der Waals surface area contributed by atoms with E-state index in [0.717, 1.165) is 17.5 Å². The van der Waals surface area contributed by atoms with Gasteiger partial charge in [0, 0.05) is 11.1 Å². The van der Waals surface area contributed by atoms with E-state index in [9.17, 15) is 4.39 Å². The van der Waals surface area contributed by atoms with E-state index in [1.54, 1.807) is 6.07 Å². The quantitative estimate of drug-likeness (QED) is 0.939. The van der Waals surface area contributed by atoms with E-state index in [1.165, 1.54) is 17.7 Å². The van der Waals surface area contributed by atoms with Crippen LogP contribution in [0.15, 0.2) is 42.5 Å². The molecule has 110 valence electrons. The summed E-state index contributed by atoms with van der Waals surface area (Å²) in [5.74, 6) is -0.336.